The quantitative estimate of drug-likeness (QED) is 0.0238. The Morgan fingerprint density at radius 2 is 0.786 bits per heavy atom. The molecule has 2 saturated heterocycles. The van der Waals surface area contributed by atoms with Gasteiger partial charge in [0.05, 0.1) is 29.6 Å². The third-order valence-corrected chi connectivity index (χ3v) is 20.1. The van der Waals surface area contributed by atoms with Crippen LogP contribution in [0.4, 0.5) is 0 Å². The Morgan fingerprint density at radius 1 is 0.420 bits per heavy atom. The first-order chi connectivity index (χ1) is 54.3. The molecule has 7 N–H and O–H groups in total. The van der Waals surface area contributed by atoms with Gasteiger partial charge >= 0.3 is 18.9 Å². The van der Waals surface area contributed by atoms with E-state index in [0.717, 1.165) is 136 Å². The van der Waals surface area contributed by atoms with Crippen LogP contribution in [0.3, 0.4) is 0 Å². The standard InChI is InChI=1S/C45H54N6O4.C27H33N3O.C18H23N3O4.Li/c52-39(34-55-43-23-9-22-41-40(43)21-11-25-47-41)32-50-26-28-51(29-27-50)33-44(53)49-42(30-37-18-10-24-46-31-37)45(54)48-38(19-7-16-35-12-3-1-4-13-35)20-8-17-36-14-5-2-6-15-36;28-26(20-24-16-9-19-29-21-24)27(31)30-25(17-7-14-22-10-3-1-4-11-22)18-8-15-23-12-5-2-6-13-23;22-14(11-20-7-9-21(10-8-20)12-18(23)24)13-25-17-5-1-4-16-15(17)3-2-6-19-16;/h1-6,9-15,18,21-25,31,38-39,42,52H,7-8,16-17,19-20,26-30,32-34H2,(H,48,54)(H,49,53);1-6,9-13,16,19,21,25-26H,7-8,14-15,17-18,20,28H2,(H,30,31);1-6,14,22H,7-13H2,(H,23,24);/q;;;+1/p-1/t39-,42+;26-;14-;/m101./s1. The zero-order valence-electron chi connectivity index (χ0n) is 64.8. The van der Waals surface area contributed by atoms with Crippen LogP contribution in [0.1, 0.15) is 84.7 Å². The number of β-amino-alcohol motifs (C(OH)–C–C–N with tert-alkyl or cyclic N) is 2. The number of aryl methyl sites for hydroxylation is 4. The molecule has 0 radical (unpaired) electrons. The summed E-state index contributed by atoms with van der Waals surface area (Å²) >= 11 is 0. The molecule has 584 valence electrons. The van der Waals surface area contributed by atoms with Crippen molar-refractivity contribution in [1.82, 2.24) is 55.5 Å². The van der Waals surface area contributed by atoms with Crippen molar-refractivity contribution in [2.45, 2.75) is 126 Å². The van der Waals surface area contributed by atoms with Crippen LogP contribution in [0.2, 0.25) is 0 Å². The van der Waals surface area contributed by atoms with Gasteiger partial charge < -0.3 is 51.3 Å². The maximum Gasteiger partial charge on any atom is 1.00 e. The maximum absolute atomic E-state index is 14.0. The van der Waals surface area contributed by atoms with Gasteiger partial charge in [0, 0.05) is 138 Å². The van der Waals surface area contributed by atoms with E-state index in [1.165, 1.54) is 22.3 Å². The minimum absolute atomic E-state index is 0. The van der Waals surface area contributed by atoms with E-state index in [4.69, 9.17) is 15.2 Å². The van der Waals surface area contributed by atoms with Crippen molar-refractivity contribution in [3.63, 3.8) is 0 Å². The fourth-order valence-electron chi connectivity index (χ4n) is 14.2. The molecule has 3 amide bonds. The van der Waals surface area contributed by atoms with E-state index >= 15 is 0 Å². The number of carbonyl (C=O) groups is 4. The zero-order valence-corrected chi connectivity index (χ0v) is 64.8. The third-order valence-electron chi connectivity index (χ3n) is 20.1. The molecule has 4 aromatic heterocycles. The number of hydrogen-bond acceptors (Lipinski definition) is 18. The van der Waals surface area contributed by atoms with Gasteiger partial charge in [0.15, 0.2) is 0 Å². The molecule has 4 atom stereocenters. The average molecular weight is 1510 g/mol. The smallest absolute Gasteiger partial charge is 0.549 e. The number of pyridine rings is 4. The summed E-state index contributed by atoms with van der Waals surface area (Å²) in [5.74, 6) is -0.0524. The molecule has 2 aliphatic rings. The van der Waals surface area contributed by atoms with Gasteiger partial charge in [-0.05, 0) is 178 Å². The molecule has 0 unspecified atom stereocenters. The van der Waals surface area contributed by atoms with Gasteiger partial charge in [0.1, 0.15) is 43.0 Å². The van der Waals surface area contributed by atoms with E-state index in [-0.39, 0.29) is 75.0 Å². The summed E-state index contributed by atoms with van der Waals surface area (Å²) < 4.78 is 11.8. The zero-order chi connectivity index (χ0) is 77.5. The number of aliphatic carboxylic acids is 1. The molecule has 0 bridgehead atoms. The monoisotopic (exact) mass is 1510 g/mol. The van der Waals surface area contributed by atoms with Crippen LogP contribution < -0.4 is 55.1 Å². The van der Waals surface area contributed by atoms with E-state index in [1.54, 1.807) is 37.2 Å². The molecule has 21 nitrogen and oxygen atoms in total. The summed E-state index contributed by atoms with van der Waals surface area (Å²) in [6.07, 6.45) is 21.6. The predicted octanol–water partition coefficient (Wildman–Crippen LogP) is 6.07. The number of aliphatic hydroxyl groups excluding tert-OH is 2. The average Bonchev–Trinajstić information content (AvgIpc) is 0.835. The van der Waals surface area contributed by atoms with Crippen LogP contribution in [0.25, 0.3) is 21.8 Å². The first-order valence-electron chi connectivity index (χ1n) is 39.3. The predicted molar refractivity (Wildman–Crippen MR) is 434 cm³/mol. The number of hydrogen-bond donors (Lipinski definition) is 6. The first-order valence-corrected chi connectivity index (χ1v) is 39.3. The molecule has 0 saturated carbocycles. The van der Waals surface area contributed by atoms with Crippen molar-refractivity contribution >= 4 is 45.5 Å². The molecule has 6 aromatic carbocycles. The van der Waals surface area contributed by atoms with Crippen LogP contribution in [-0.2, 0) is 57.7 Å². The molecule has 22 heteroatoms. The number of nitrogens with one attached hydrogen (secondary N) is 3. The topological polar surface area (TPSA) is 277 Å². The summed E-state index contributed by atoms with van der Waals surface area (Å²) in [6.45, 7) is 7.10. The molecular formula is C90H109LiN12O9. The summed E-state index contributed by atoms with van der Waals surface area (Å²) in [7, 11) is 0. The van der Waals surface area contributed by atoms with Gasteiger partial charge in [-0.2, -0.15) is 0 Å². The number of rotatable bonds is 39. The molecule has 6 heterocycles. The summed E-state index contributed by atoms with van der Waals surface area (Å²) in [5, 5.41) is 43.1. The second-order valence-corrected chi connectivity index (χ2v) is 28.9. The first kappa shape index (κ1) is 86.2. The van der Waals surface area contributed by atoms with Crippen LogP contribution in [-0.4, -0.2) is 202 Å². The molecule has 10 aromatic rings. The SMILES string of the molecule is N[C@@H](Cc1cccnc1)C(=O)NC(CCCc1ccccc1)CCCc1ccccc1.O=C(CN1CCN(C[C@@H](O)COc2cccc3ncccc23)CC1)N[C@@H](Cc1cccnc1)C(=O)NC(CCCc1ccccc1)CCCc1ccccc1.O=C([O-])CN1CCN(C[C@@H](O)COc2cccc3ncccc23)CC1.[Li+]. The van der Waals surface area contributed by atoms with Gasteiger partial charge in [-0.1, -0.05) is 146 Å². The van der Waals surface area contributed by atoms with Crippen molar-refractivity contribution < 1.29 is 62.8 Å². The van der Waals surface area contributed by atoms with Gasteiger partial charge in [0.25, 0.3) is 0 Å². The van der Waals surface area contributed by atoms with Gasteiger partial charge in [-0.15, -0.1) is 0 Å². The van der Waals surface area contributed by atoms with E-state index < -0.39 is 30.3 Å². The summed E-state index contributed by atoms with van der Waals surface area (Å²) in [5.41, 5.74) is 15.0. The Hall–Kier alpha value is -9.76. The van der Waals surface area contributed by atoms with E-state index in [1.807, 2.05) is 114 Å². The van der Waals surface area contributed by atoms with E-state index in [0.29, 0.717) is 63.6 Å². The Kier molecular flexibility index (Phi) is 37.1. The molecular weight excluding hydrogens is 1400 g/mol. The fourth-order valence-corrected chi connectivity index (χ4v) is 14.2. The van der Waals surface area contributed by atoms with Crippen LogP contribution >= 0.6 is 0 Å². The van der Waals surface area contributed by atoms with Crippen LogP contribution in [0.15, 0.2) is 243 Å². The van der Waals surface area contributed by atoms with Crippen molar-refractivity contribution in [2.24, 2.45) is 5.73 Å². The number of nitrogens with zero attached hydrogens (tertiary/aromatic N) is 8. The van der Waals surface area contributed by atoms with Crippen LogP contribution in [0, 0.1) is 0 Å². The number of aromatic nitrogens is 4. The largest absolute Gasteiger partial charge is 1.00 e. The van der Waals surface area contributed by atoms with Gasteiger partial charge in [0.2, 0.25) is 17.7 Å². The van der Waals surface area contributed by atoms with Gasteiger partial charge in [-0.25, -0.2) is 0 Å². The third kappa shape index (κ3) is 31.1. The minimum Gasteiger partial charge on any atom is -0.549 e. The molecule has 0 spiro atoms. The number of benzene rings is 6. The Bertz CT molecular complexity index is 4230. The normalized spacial score (nSPS) is 14.4. The number of carbonyl (C=O) groups excluding carboxylic acids is 4. The fraction of sp³-hybridized carbons (Fsp3) is 0.378. The second-order valence-electron chi connectivity index (χ2n) is 28.9. The van der Waals surface area contributed by atoms with Gasteiger partial charge in [-0.3, -0.25) is 53.9 Å². The van der Waals surface area contributed by atoms with Crippen molar-refractivity contribution in [2.75, 3.05) is 91.8 Å². The molecule has 12 rings (SSSR count). The number of carboxylic acid groups (broad SMARTS) is 1. The van der Waals surface area contributed by atoms with Crippen molar-refractivity contribution in [3.05, 3.63) is 277 Å². The van der Waals surface area contributed by atoms with Crippen LogP contribution in [0.5, 0.6) is 11.5 Å². The summed E-state index contributed by atoms with van der Waals surface area (Å²) in [4.78, 5) is 76.2. The molecule has 0 aliphatic carbocycles. The van der Waals surface area contributed by atoms with E-state index in [2.05, 4.69) is 148 Å². The maximum atomic E-state index is 14.0. The number of amides is 3. The Balaban J connectivity index is 0.000000212. The van der Waals surface area contributed by atoms with Crippen molar-refractivity contribution in [1.29, 1.82) is 0 Å². The number of piperazine rings is 2. The molecule has 2 fully saturated rings. The molecule has 112 heavy (non-hydrogen) atoms. The number of carboxylic acids is 1. The van der Waals surface area contributed by atoms with E-state index in [9.17, 15) is 34.5 Å². The Morgan fingerprint density at radius 3 is 1.18 bits per heavy atom. The van der Waals surface area contributed by atoms with Crippen molar-refractivity contribution in [3.8, 4) is 11.5 Å². The number of fused-ring (bicyclic) bond motifs is 2. The minimum atomic E-state index is -1.05. The Labute approximate surface area is 672 Å². The number of nitrogens with two attached hydrogens (primary N) is 1. The number of aliphatic hydroxyl groups is 2. The number of ether oxygens (including phenoxy) is 2. The summed E-state index contributed by atoms with van der Waals surface area (Å²) in [6, 6.07) is 67.4. The second kappa shape index (κ2) is 48.2. The molecule has 2 aliphatic heterocycles.